The number of hydrogen-bond acceptors (Lipinski definition) is 14. The minimum atomic E-state index is -2.39. The number of fused-ring (bicyclic) bond motifs is 4. The third-order valence-electron chi connectivity index (χ3n) is 15.1. The van der Waals surface area contributed by atoms with Crippen LogP contribution in [0, 0.1) is 41.4 Å². The average molecular weight is 986 g/mol. The van der Waals surface area contributed by atoms with Gasteiger partial charge < -0.3 is 48.6 Å². The number of carboxylic acids is 1. The number of esters is 1. The van der Waals surface area contributed by atoms with Gasteiger partial charge in [0.1, 0.15) is 24.1 Å². The number of rotatable bonds is 10. The fraction of sp³-hybridized carbons (Fsp3) is 0.741. The molecule has 394 valence electrons. The number of allylic oxidation sites excluding steroid dienone is 6. The van der Waals surface area contributed by atoms with E-state index in [1.54, 1.807) is 41.1 Å². The molecule has 15 atom stereocenters. The van der Waals surface area contributed by atoms with Crippen LogP contribution in [0.4, 0.5) is 0 Å². The molecule has 1 unspecified atom stereocenters. The molecule has 3 fully saturated rings. The van der Waals surface area contributed by atoms with Crippen LogP contribution in [-0.2, 0) is 57.2 Å². The summed E-state index contributed by atoms with van der Waals surface area (Å²) in [6.45, 7) is 12.8. The predicted octanol–water partition coefficient (Wildman–Crippen LogP) is 6.54. The van der Waals surface area contributed by atoms with Crippen molar-refractivity contribution in [2.45, 2.75) is 174 Å². The molecule has 70 heavy (non-hydrogen) atoms. The molecule has 0 aromatic heterocycles. The Hall–Kier alpha value is -3.90. The van der Waals surface area contributed by atoms with Crippen LogP contribution >= 0.6 is 0 Å². The third kappa shape index (κ3) is 16.3. The van der Waals surface area contributed by atoms with Gasteiger partial charge in [0.15, 0.2) is 5.78 Å². The summed E-state index contributed by atoms with van der Waals surface area (Å²) in [6, 6.07) is 0. The Morgan fingerprint density at radius 1 is 0.886 bits per heavy atom. The van der Waals surface area contributed by atoms with Crippen molar-refractivity contribution in [1.29, 1.82) is 0 Å². The summed E-state index contributed by atoms with van der Waals surface area (Å²) < 4.78 is 35.5. The molecular weight excluding hydrogens is 903 g/mol. The second-order valence-electron chi connectivity index (χ2n) is 20.7. The number of nitrogens with zero attached hydrogens (tertiary/aromatic N) is 1. The fourth-order valence-corrected chi connectivity index (χ4v) is 10.6. The summed E-state index contributed by atoms with van der Waals surface area (Å²) >= 11 is 0. The maximum Gasteiger partial charge on any atom is 0.311 e. The molecular formula is C54H83NO15. The first-order valence-electron chi connectivity index (χ1n) is 25.4. The Morgan fingerprint density at radius 2 is 1.61 bits per heavy atom. The summed E-state index contributed by atoms with van der Waals surface area (Å²) in [5.41, 5.74) is 1.26. The second kappa shape index (κ2) is 27.8. The van der Waals surface area contributed by atoms with Gasteiger partial charge in [-0.1, -0.05) is 71.1 Å². The fourth-order valence-electron chi connectivity index (χ4n) is 10.6. The van der Waals surface area contributed by atoms with E-state index in [1.165, 1.54) is 12.0 Å². The number of piperidine rings is 1. The third-order valence-corrected chi connectivity index (χ3v) is 15.1. The molecule has 16 nitrogen and oxygen atoms in total. The molecule has 16 heteroatoms. The van der Waals surface area contributed by atoms with E-state index in [-0.39, 0.29) is 74.1 Å². The van der Waals surface area contributed by atoms with Gasteiger partial charge in [-0.05, 0) is 101 Å². The molecule has 0 aromatic rings. The smallest absolute Gasteiger partial charge is 0.311 e. The number of Topliss-reactive ketones (excluding diaryl/α,β-unsaturated/α-hetero) is 3. The Morgan fingerprint density at radius 3 is 2.29 bits per heavy atom. The zero-order chi connectivity index (χ0) is 51.9. The van der Waals surface area contributed by atoms with E-state index < -0.39 is 83.6 Å². The summed E-state index contributed by atoms with van der Waals surface area (Å²) in [4.78, 5) is 82.6. The van der Waals surface area contributed by atoms with E-state index in [4.69, 9.17) is 33.5 Å². The van der Waals surface area contributed by atoms with E-state index in [0.717, 1.165) is 12.0 Å². The van der Waals surface area contributed by atoms with Gasteiger partial charge in [-0.15, -0.1) is 0 Å². The Kier molecular flexibility index (Phi) is 23.3. The van der Waals surface area contributed by atoms with Gasteiger partial charge in [0.2, 0.25) is 5.79 Å². The van der Waals surface area contributed by atoms with Crippen molar-refractivity contribution in [3.63, 3.8) is 0 Å². The first kappa shape index (κ1) is 58.7. The quantitative estimate of drug-likeness (QED) is 0.120. The molecule has 3 N–H and O–H groups in total. The lowest BCUT2D eigenvalue weighted by Crippen LogP contribution is -2.59. The van der Waals surface area contributed by atoms with Crippen molar-refractivity contribution >= 4 is 35.2 Å². The summed E-state index contributed by atoms with van der Waals surface area (Å²) in [7, 11) is 4.54. The van der Waals surface area contributed by atoms with Crippen LogP contribution in [-0.4, -0.2) is 145 Å². The highest BCUT2D eigenvalue weighted by molar-refractivity contribution is 6.38. The number of aliphatic hydroxyl groups is 2. The number of carboxylic acid groups (broad SMARTS) is 1. The van der Waals surface area contributed by atoms with E-state index in [1.807, 2.05) is 58.1 Å². The largest absolute Gasteiger partial charge is 0.481 e. The van der Waals surface area contributed by atoms with Gasteiger partial charge in [0, 0.05) is 65.0 Å². The molecule has 2 saturated heterocycles. The number of ether oxygens (including phenoxy) is 6. The zero-order valence-electron chi connectivity index (χ0n) is 43.3. The van der Waals surface area contributed by atoms with Crippen LogP contribution in [0.3, 0.4) is 0 Å². The topological polar surface area (TPSA) is 222 Å². The number of methoxy groups -OCH3 is 3. The Labute approximate surface area is 415 Å². The van der Waals surface area contributed by atoms with Crippen LogP contribution in [0.1, 0.15) is 126 Å². The van der Waals surface area contributed by atoms with Crippen molar-refractivity contribution in [1.82, 2.24) is 4.90 Å². The number of ketones is 3. The molecule has 0 radical (unpaired) electrons. The lowest BCUT2D eigenvalue weighted by atomic mass is 9.78. The zero-order valence-corrected chi connectivity index (χ0v) is 43.3. The van der Waals surface area contributed by atoms with Crippen molar-refractivity contribution in [2.24, 2.45) is 41.4 Å². The first-order chi connectivity index (χ1) is 33.1. The van der Waals surface area contributed by atoms with E-state index >= 15 is 0 Å². The van der Waals surface area contributed by atoms with Crippen LogP contribution in [0.15, 0.2) is 47.6 Å². The van der Waals surface area contributed by atoms with Crippen LogP contribution in [0.25, 0.3) is 0 Å². The van der Waals surface area contributed by atoms with Crippen LogP contribution in [0.2, 0.25) is 0 Å². The van der Waals surface area contributed by atoms with Gasteiger partial charge in [-0.25, -0.2) is 0 Å². The highest BCUT2D eigenvalue weighted by atomic mass is 16.6. The van der Waals surface area contributed by atoms with E-state index in [0.29, 0.717) is 63.4 Å². The SMILES string of the molecule is CO[C@H]1C[C@@H]2CC[C@@H](C)[C@@](O)(O2)C(=O)C(=O)N2CCCC(C2)C(=O)O[C@H]([C@H](C)C[C@@H]2CC[C@@H](OCCC(=O)O)[C@H](OC)C2)CC(=O)[C@H](C)/C=C(\C)[C@@H](O)[C@@H](OC)C(=O)[C@H](C)C[C@H](C)/C=C/C=C/C=C/1C. The van der Waals surface area contributed by atoms with Crippen molar-refractivity contribution in [3.8, 4) is 0 Å². The maximum absolute atomic E-state index is 14.2. The molecule has 4 rings (SSSR count). The average Bonchev–Trinajstić information content (AvgIpc) is 3.33. The molecule has 1 aliphatic carbocycles. The number of amides is 1. The molecule has 4 bridgehead atoms. The van der Waals surface area contributed by atoms with Gasteiger partial charge in [-0.2, -0.15) is 0 Å². The normalized spacial score (nSPS) is 38.3. The van der Waals surface area contributed by atoms with Crippen molar-refractivity contribution in [3.05, 3.63) is 47.6 Å². The van der Waals surface area contributed by atoms with Gasteiger partial charge in [0.05, 0.1) is 43.4 Å². The van der Waals surface area contributed by atoms with Crippen molar-refractivity contribution < 1.29 is 72.5 Å². The molecule has 3 aliphatic heterocycles. The van der Waals surface area contributed by atoms with Gasteiger partial charge in [0.25, 0.3) is 11.7 Å². The minimum absolute atomic E-state index is 0.00514. The number of hydrogen-bond donors (Lipinski definition) is 3. The van der Waals surface area contributed by atoms with Crippen LogP contribution < -0.4 is 0 Å². The lowest BCUT2D eigenvalue weighted by molar-refractivity contribution is -0.265. The maximum atomic E-state index is 14.2. The van der Waals surface area contributed by atoms with E-state index in [9.17, 15) is 39.0 Å². The molecule has 1 amide bonds. The number of aliphatic hydroxyl groups excluding tert-OH is 1. The summed E-state index contributed by atoms with van der Waals surface area (Å²) in [6.07, 6.45) is 11.0. The standard InChI is InChI=1S/C54H83NO15/c1-32-15-12-11-13-16-33(2)44(65-8)29-41-20-18-38(7)54(64,70-41)51(61)52(62)55-23-14-17-40(31-55)53(63)69-45(35(4)27-39-19-21-43(46(28-39)66-9)68-24-22-47(57)58)30-42(56)34(3)26-37(6)49(60)50(67-10)48(59)36(5)25-32/h11-13,15-16,26,32,34-36,38-41,43-46,49-50,60,64H,14,17-25,27-31H2,1-10H3,(H,57,58)/b13-11+,15-12+,33-16+,37-26+/t32-,34-,35-,36-,38-,39+,40?,41+,43-,44+,45+,46-,49-,50+,54-/m1/s1. The van der Waals surface area contributed by atoms with Crippen molar-refractivity contribution in [2.75, 3.05) is 41.0 Å². The summed E-state index contributed by atoms with van der Waals surface area (Å²) in [5, 5.41) is 32.4. The summed E-state index contributed by atoms with van der Waals surface area (Å²) in [5.74, 6) is -9.41. The highest BCUT2D eigenvalue weighted by Gasteiger charge is 2.52. The lowest BCUT2D eigenvalue weighted by Gasteiger charge is -2.42. The van der Waals surface area contributed by atoms with E-state index in [2.05, 4.69) is 0 Å². The Bertz CT molecular complexity index is 1910. The number of aliphatic carboxylic acids is 1. The number of cyclic esters (lactones) is 1. The molecule has 3 heterocycles. The first-order valence-corrected chi connectivity index (χ1v) is 25.4. The second-order valence-corrected chi connectivity index (χ2v) is 20.7. The predicted molar refractivity (Wildman–Crippen MR) is 261 cm³/mol. The monoisotopic (exact) mass is 986 g/mol. The highest BCUT2D eigenvalue weighted by Crippen LogP contribution is 2.38. The molecule has 0 aromatic carbocycles. The molecule has 1 saturated carbocycles. The number of carbonyl (C=O) groups excluding carboxylic acids is 5. The minimum Gasteiger partial charge on any atom is -0.481 e. The van der Waals surface area contributed by atoms with Gasteiger partial charge in [-0.3, -0.25) is 28.8 Å². The van der Waals surface area contributed by atoms with Crippen LogP contribution in [0.5, 0.6) is 0 Å². The molecule has 0 spiro atoms. The van der Waals surface area contributed by atoms with Gasteiger partial charge >= 0.3 is 11.9 Å². The Balaban J connectivity index is 1.64. The number of carbonyl (C=O) groups is 6. The molecule has 4 aliphatic rings.